The molecule has 2 aromatic carbocycles. The third-order valence-corrected chi connectivity index (χ3v) is 8.27. The van der Waals surface area contributed by atoms with Gasteiger partial charge in [-0.05, 0) is 74.4 Å². The molecule has 3 N–H and O–H groups in total. The number of fused-ring (bicyclic) bond motifs is 1. The first kappa shape index (κ1) is 32.1. The lowest BCUT2D eigenvalue weighted by atomic mass is 9.82. The van der Waals surface area contributed by atoms with Crippen LogP contribution in [0.4, 0.5) is 13.2 Å². The molecule has 5 rings (SSSR count). The van der Waals surface area contributed by atoms with E-state index in [1.54, 1.807) is 12.1 Å². The van der Waals surface area contributed by atoms with Crippen LogP contribution >= 0.6 is 0 Å². The summed E-state index contributed by atoms with van der Waals surface area (Å²) in [7, 11) is 2.14. The molecule has 11 heteroatoms. The summed E-state index contributed by atoms with van der Waals surface area (Å²) < 4.78 is 33.8. The Balaban J connectivity index is 0.000000541. The van der Waals surface area contributed by atoms with Gasteiger partial charge in [-0.25, -0.2) is 9.59 Å². The van der Waals surface area contributed by atoms with Crippen LogP contribution in [0.3, 0.4) is 0 Å². The molecule has 2 heterocycles. The number of aromatic carboxylic acids is 1. The molecule has 1 atom stereocenters. The van der Waals surface area contributed by atoms with E-state index in [1.807, 2.05) is 24.3 Å². The molecular formula is C32H38F3N3O5. The number of carbonyl (C=O) groups excluding carboxylic acids is 1. The number of benzene rings is 2. The topological polar surface area (TPSA) is 112 Å². The van der Waals surface area contributed by atoms with Crippen LogP contribution in [-0.4, -0.2) is 70.4 Å². The number of halogens is 3. The van der Waals surface area contributed by atoms with Gasteiger partial charge >= 0.3 is 18.1 Å². The first-order chi connectivity index (χ1) is 20.5. The van der Waals surface area contributed by atoms with E-state index in [1.165, 1.54) is 31.2 Å². The van der Waals surface area contributed by atoms with Gasteiger partial charge in [0.05, 0.1) is 16.8 Å². The second-order valence-corrected chi connectivity index (χ2v) is 11.5. The van der Waals surface area contributed by atoms with Gasteiger partial charge in [0.25, 0.3) is 0 Å². The predicted molar refractivity (Wildman–Crippen MR) is 157 cm³/mol. The van der Waals surface area contributed by atoms with E-state index in [4.69, 9.17) is 9.90 Å². The number of piperidine rings is 1. The Morgan fingerprint density at radius 3 is 2.23 bits per heavy atom. The summed E-state index contributed by atoms with van der Waals surface area (Å²) in [6.45, 7) is 2.99. The highest BCUT2D eigenvalue weighted by molar-refractivity contribution is 5.99. The Bertz CT molecular complexity index is 1430. The smallest absolute Gasteiger partial charge is 0.478 e. The molecule has 1 aliphatic heterocycles. The first-order valence-electron chi connectivity index (χ1n) is 14.7. The fraction of sp³-hybridized carbons (Fsp3) is 0.469. The maximum atomic E-state index is 13.3. The van der Waals surface area contributed by atoms with E-state index < -0.39 is 18.1 Å². The summed E-state index contributed by atoms with van der Waals surface area (Å²) >= 11 is 0. The summed E-state index contributed by atoms with van der Waals surface area (Å²) in [5.74, 6) is -2.84. The number of aromatic nitrogens is 1. The molecule has 1 saturated heterocycles. The van der Waals surface area contributed by atoms with Gasteiger partial charge in [0.2, 0.25) is 5.91 Å². The second kappa shape index (κ2) is 14.1. The van der Waals surface area contributed by atoms with Gasteiger partial charge in [0.1, 0.15) is 6.54 Å². The zero-order chi connectivity index (χ0) is 31.1. The van der Waals surface area contributed by atoms with E-state index in [0.717, 1.165) is 54.5 Å². The Labute approximate surface area is 248 Å². The summed E-state index contributed by atoms with van der Waals surface area (Å²) in [6.07, 6.45) is 3.14. The average molecular weight is 602 g/mol. The monoisotopic (exact) mass is 601 g/mol. The van der Waals surface area contributed by atoms with Crippen molar-refractivity contribution in [3.05, 3.63) is 59.7 Å². The lowest BCUT2D eigenvalue weighted by Crippen LogP contribution is -2.40. The van der Waals surface area contributed by atoms with Crippen LogP contribution < -0.4 is 5.32 Å². The number of nitrogens with one attached hydrogen (secondary N) is 1. The predicted octanol–water partition coefficient (Wildman–Crippen LogP) is 6.15. The van der Waals surface area contributed by atoms with Gasteiger partial charge in [-0.2, -0.15) is 13.2 Å². The number of likely N-dealkylation sites (tertiary alicyclic amines) is 1. The third kappa shape index (κ3) is 8.16. The number of alkyl halides is 3. The van der Waals surface area contributed by atoms with Crippen molar-refractivity contribution < 1.29 is 37.8 Å². The Morgan fingerprint density at radius 2 is 1.63 bits per heavy atom. The van der Waals surface area contributed by atoms with Crippen molar-refractivity contribution in [3.63, 3.8) is 0 Å². The van der Waals surface area contributed by atoms with E-state index in [0.29, 0.717) is 18.4 Å². The standard InChI is InChI=1S/C30H37N3O3.C2HF3O2/c1-32-16-8-9-21(19-32)18-31-27(34)20-33-26-17-24(30(35)36)14-15-25(26)28(22-10-4-2-5-11-22)29(33)23-12-6-3-7-13-23;3-2(4,5)1(6)7/h3,6-7,12-15,17,21-22H,2,4-5,8-11,16,18-20H2,1H3,(H,31,34)(H,35,36);(H,6,7). The van der Waals surface area contributed by atoms with Crippen molar-refractivity contribution >= 4 is 28.7 Å². The zero-order valence-corrected chi connectivity index (χ0v) is 24.2. The number of hydrogen-bond donors (Lipinski definition) is 3. The minimum absolute atomic E-state index is 0.0202. The molecule has 1 amide bonds. The molecule has 43 heavy (non-hydrogen) atoms. The molecule has 3 aromatic rings. The number of rotatable bonds is 7. The molecule has 1 saturated carbocycles. The van der Waals surface area contributed by atoms with Crippen molar-refractivity contribution in [2.75, 3.05) is 26.7 Å². The molecule has 0 spiro atoms. The van der Waals surface area contributed by atoms with Gasteiger partial charge in [0, 0.05) is 18.5 Å². The highest BCUT2D eigenvalue weighted by Crippen LogP contribution is 2.44. The van der Waals surface area contributed by atoms with Crippen molar-refractivity contribution in [1.29, 1.82) is 0 Å². The maximum absolute atomic E-state index is 13.3. The van der Waals surface area contributed by atoms with Crippen LogP contribution in [0.15, 0.2) is 48.5 Å². The summed E-state index contributed by atoms with van der Waals surface area (Å²) in [6, 6.07) is 15.7. The van der Waals surface area contributed by atoms with Gasteiger partial charge in [-0.1, -0.05) is 55.7 Å². The molecular weight excluding hydrogens is 563 g/mol. The Morgan fingerprint density at radius 1 is 0.953 bits per heavy atom. The molecule has 1 unspecified atom stereocenters. The Hall–Kier alpha value is -3.86. The van der Waals surface area contributed by atoms with Crippen LogP contribution in [-0.2, 0) is 16.1 Å². The van der Waals surface area contributed by atoms with Crippen LogP contribution in [0.25, 0.3) is 22.2 Å². The van der Waals surface area contributed by atoms with Crippen molar-refractivity contribution in [1.82, 2.24) is 14.8 Å². The molecule has 8 nitrogen and oxygen atoms in total. The first-order valence-corrected chi connectivity index (χ1v) is 14.7. The normalized spacial score (nSPS) is 18.1. The third-order valence-electron chi connectivity index (χ3n) is 8.27. The Kier molecular flexibility index (Phi) is 10.5. The summed E-state index contributed by atoms with van der Waals surface area (Å²) in [5.41, 5.74) is 4.50. The number of carboxylic acid groups (broad SMARTS) is 2. The summed E-state index contributed by atoms with van der Waals surface area (Å²) in [5, 5.41) is 21.1. The fourth-order valence-corrected chi connectivity index (χ4v) is 6.28. The molecule has 0 radical (unpaired) electrons. The number of aliphatic carboxylic acids is 1. The molecule has 0 bridgehead atoms. The number of carbonyl (C=O) groups is 3. The maximum Gasteiger partial charge on any atom is 0.490 e. The zero-order valence-electron chi connectivity index (χ0n) is 24.2. The van der Waals surface area contributed by atoms with Gasteiger partial charge < -0.3 is 25.0 Å². The molecule has 2 fully saturated rings. The lowest BCUT2D eigenvalue weighted by molar-refractivity contribution is -0.192. The molecule has 1 aromatic heterocycles. The molecule has 1 aliphatic carbocycles. The highest BCUT2D eigenvalue weighted by Gasteiger charge is 2.38. The van der Waals surface area contributed by atoms with Crippen LogP contribution in [0, 0.1) is 5.92 Å². The van der Waals surface area contributed by atoms with Crippen LogP contribution in [0.5, 0.6) is 0 Å². The minimum atomic E-state index is -5.08. The average Bonchev–Trinajstić information content (AvgIpc) is 3.30. The highest BCUT2D eigenvalue weighted by atomic mass is 19.4. The SMILES string of the molecule is CN1CCCC(CNC(=O)Cn2c(-c3ccccc3)c(C3CCCCC3)c3ccc(C(=O)O)cc32)C1.O=C(O)C(F)(F)F. The minimum Gasteiger partial charge on any atom is -0.478 e. The lowest BCUT2D eigenvalue weighted by Gasteiger charge is -2.29. The van der Waals surface area contributed by atoms with E-state index in [2.05, 4.69) is 34.0 Å². The van der Waals surface area contributed by atoms with Gasteiger partial charge in [-0.3, -0.25) is 4.79 Å². The number of carboxylic acids is 2. The number of nitrogens with zero attached hydrogens (tertiary/aromatic N) is 2. The van der Waals surface area contributed by atoms with Crippen molar-refractivity contribution in [2.45, 2.75) is 63.6 Å². The molecule has 2 aliphatic rings. The van der Waals surface area contributed by atoms with Crippen LogP contribution in [0.1, 0.15) is 66.8 Å². The fourth-order valence-electron chi connectivity index (χ4n) is 6.28. The van der Waals surface area contributed by atoms with Crippen molar-refractivity contribution in [3.8, 4) is 11.3 Å². The largest absolute Gasteiger partial charge is 0.490 e. The van der Waals surface area contributed by atoms with Gasteiger partial charge in [-0.15, -0.1) is 0 Å². The summed E-state index contributed by atoms with van der Waals surface area (Å²) in [4.78, 5) is 36.4. The molecule has 232 valence electrons. The van der Waals surface area contributed by atoms with E-state index in [9.17, 15) is 27.9 Å². The quantitative estimate of drug-likeness (QED) is 0.300. The number of hydrogen-bond acceptors (Lipinski definition) is 4. The second-order valence-electron chi connectivity index (χ2n) is 11.5. The number of amides is 1. The van der Waals surface area contributed by atoms with Crippen LogP contribution in [0.2, 0.25) is 0 Å². The van der Waals surface area contributed by atoms with E-state index in [-0.39, 0.29) is 18.0 Å². The van der Waals surface area contributed by atoms with Crippen molar-refractivity contribution in [2.24, 2.45) is 5.92 Å². The van der Waals surface area contributed by atoms with Gasteiger partial charge in [0.15, 0.2) is 0 Å². The van der Waals surface area contributed by atoms with E-state index >= 15 is 0 Å².